The summed E-state index contributed by atoms with van der Waals surface area (Å²) in [5, 5.41) is 7.80. The first kappa shape index (κ1) is 24.6. The lowest BCUT2D eigenvalue weighted by atomic mass is 10.1. The number of rotatable bonds is 4. The van der Waals surface area contributed by atoms with E-state index in [1.54, 1.807) is 34.6 Å². The summed E-state index contributed by atoms with van der Waals surface area (Å²) in [7, 11) is 3.42. The Balaban J connectivity index is 1.72. The van der Waals surface area contributed by atoms with E-state index in [4.69, 9.17) is 11.6 Å². The normalized spacial score (nSPS) is 15.8. The maximum absolute atomic E-state index is 14.8. The van der Waals surface area contributed by atoms with Crippen LogP contribution in [0.4, 0.5) is 14.5 Å². The van der Waals surface area contributed by atoms with E-state index >= 15 is 0 Å². The monoisotopic (exact) mass is 503 g/mol. The fraction of sp³-hybridized carbons (Fsp3) is 0.333. The van der Waals surface area contributed by atoms with Gasteiger partial charge in [-0.3, -0.25) is 9.36 Å². The number of nitrogens with zero attached hydrogens (tertiary/aromatic N) is 6. The number of nitrogens with one attached hydrogen (secondary N) is 1. The van der Waals surface area contributed by atoms with E-state index < -0.39 is 11.8 Å². The second-order valence-electron chi connectivity index (χ2n) is 9.43. The molecule has 2 aromatic carbocycles. The summed E-state index contributed by atoms with van der Waals surface area (Å²) in [6, 6.07) is 7.92. The van der Waals surface area contributed by atoms with Crippen molar-refractivity contribution in [2.75, 3.05) is 20.1 Å². The van der Waals surface area contributed by atoms with Gasteiger partial charge in [-0.15, -0.1) is 0 Å². The van der Waals surface area contributed by atoms with Gasteiger partial charge in [-0.1, -0.05) is 12.1 Å². The van der Waals surface area contributed by atoms with Crippen LogP contribution in [0, 0.1) is 32.2 Å². The maximum Gasteiger partial charge on any atom is 0.274 e. The molecule has 1 amide bonds. The van der Waals surface area contributed by atoms with Crippen LogP contribution in [0.5, 0.6) is 0 Å². The van der Waals surface area contributed by atoms with E-state index in [1.165, 1.54) is 23.9 Å². The average molecular weight is 504 g/mol. The van der Waals surface area contributed by atoms with Crippen LogP contribution in [0.1, 0.15) is 34.6 Å². The fourth-order valence-electron chi connectivity index (χ4n) is 5.03. The molecule has 1 N–H and O–H groups in total. The Bertz CT molecular complexity index is 1580. The molecule has 1 atom stereocenters. The van der Waals surface area contributed by atoms with Crippen molar-refractivity contribution >= 4 is 22.5 Å². The molecule has 10 heteroatoms. The number of benzene rings is 2. The van der Waals surface area contributed by atoms with Crippen LogP contribution < -0.4 is 5.32 Å². The Morgan fingerprint density at radius 2 is 2.00 bits per heavy atom. The summed E-state index contributed by atoms with van der Waals surface area (Å²) < 4.78 is 32.4. The molecule has 0 aliphatic carbocycles. The summed E-state index contributed by atoms with van der Waals surface area (Å²) in [5.41, 5.74) is 3.04. The Morgan fingerprint density at radius 1 is 1.22 bits per heavy atom. The lowest BCUT2D eigenvalue weighted by Crippen LogP contribution is -2.47. The molecular weight excluding hydrogens is 476 g/mol. The Morgan fingerprint density at radius 3 is 2.70 bits per heavy atom. The standard InChI is InChI=1S/C27H27F2N7O/c1-15-11-22-19(25(29)34(5)33-22)13-23(15)36-16(2)24(27(37)35-10-6-7-18(14-35)30-3)32-26(36)17-8-9-21(31-4)20(28)12-17/h8-9,11-13,18,30H,6-7,10,14H2,1-3,5H3/t18-/m1/s1. The number of likely N-dealkylation sites (N-methyl/N-ethyl adjacent to an activating group) is 1. The van der Waals surface area contributed by atoms with Crippen molar-refractivity contribution in [2.45, 2.75) is 32.7 Å². The second-order valence-corrected chi connectivity index (χ2v) is 9.43. The summed E-state index contributed by atoms with van der Waals surface area (Å²) in [5.74, 6) is -1.02. The molecule has 0 saturated carbocycles. The van der Waals surface area contributed by atoms with Crippen LogP contribution in [0.15, 0.2) is 30.3 Å². The van der Waals surface area contributed by atoms with E-state index in [2.05, 4.69) is 15.3 Å². The molecular formula is C27H27F2N7O. The number of aryl methyl sites for hydroxylation is 2. The van der Waals surface area contributed by atoms with Gasteiger partial charge in [0.15, 0.2) is 0 Å². The molecule has 0 bridgehead atoms. The number of carbonyl (C=O) groups excluding carboxylic acids is 1. The third-order valence-electron chi connectivity index (χ3n) is 7.07. The topological polar surface area (TPSA) is 72.3 Å². The molecule has 0 spiro atoms. The highest BCUT2D eigenvalue weighted by Crippen LogP contribution is 2.33. The second kappa shape index (κ2) is 9.41. The van der Waals surface area contributed by atoms with Crippen molar-refractivity contribution < 1.29 is 13.6 Å². The first-order valence-electron chi connectivity index (χ1n) is 12.1. The summed E-state index contributed by atoms with van der Waals surface area (Å²) in [6.45, 7) is 12.0. The molecule has 5 rings (SSSR count). The minimum absolute atomic E-state index is 0.101. The Hall–Kier alpha value is -4.10. The van der Waals surface area contributed by atoms with Gasteiger partial charge in [-0.05, 0) is 57.5 Å². The molecule has 1 aliphatic heterocycles. The van der Waals surface area contributed by atoms with Gasteiger partial charge in [0, 0.05) is 31.7 Å². The molecule has 0 unspecified atom stereocenters. The van der Waals surface area contributed by atoms with Gasteiger partial charge >= 0.3 is 0 Å². The molecule has 37 heavy (non-hydrogen) atoms. The number of hydrogen-bond donors (Lipinski definition) is 1. The zero-order valence-corrected chi connectivity index (χ0v) is 21.1. The minimum Gasteiger partial charge on any atom is -0.336 e. The Labute approximate surface area is 213 Å². The number of aromatic nitrogens is 4. The molecule has 0 radical (unpaired) electrons. The smallest absolute Gasteiger partial charge is 0.274 e. The average Bonchev–Trinajstić information content (AvgIpc) is 3.38. The third kappa shape index (κ3) is 4.15. The van der Waals surface area contributed by atoms with Crippen LogP contribution in [0.25, 0.3) is 32.8 Å². The number of fused-ring (bicyclic) bond motifs is 1. The number of imidazole rings is 1. The van der Waals surface area contributed by atoms with Gasteiger partial charge in [-0.25, -0.2) is 18.9 Å². The first-order valence-corrected chi connectivity index (χ1v) is 12.1. The number of carbonyl (C=O) groups is 1. The van der Waals surface area contributed by atoms with Gasteiger partial charge in [0.25, 0.3) is 5.91 Å². The summed E-state index contributed by atoms with van der Waals surface area (Å²) in [6.07, 6.45) is 1.87. The van der Waals surface area contributed by atoms with Gasteiger partial charge in [-0.2, -0.15) is 9.49 Å². The number of amides is 1. The van der Waals surface area contributed by atoms with Crippen molar-refractivity contribution in [1.29, 1.82) is 0 Å². The number of halogens is 2. The molecule has 1 aliphatic rings. The largest absolute Gasteiger partial charge is 0.336 e. The number of likely N-dealkylation sites (tertiary alicyclic amines) is 1. The minimum atomic E-state index is -0.675. The van der Waals surface area contributed by atoms with E-state index in [-0.39, 0.29) is 23.3 Å². The number of piperidine rings is 1. The van der Waals surface area contributed by atoms with E-state index in [0.717, 1.165) is 18.4 Å². The van der Waals surface area contributed by atoms with Crippen LogP contribution in [-0.4, -0.2) is 56.3 Å². The lowest BCUT2D eigenvalue weighted by Gasteiger charge is -2.32. The van der Waals surface area contributed by atoms with Gasteiger partial charge < -0.3 is 10.2 Å². The third-order valence-corrected chi connectivity index (χ3v) is 7.07. The highest BCUT2D eigenvalue weighted by molar-refractivity contribution is 5.95. The molecule has 8 nitrogen and oxygen atoms in total. The van der Waals surface area contributed by atoms with Crippen molar-refractivity contribution in [3.8, 4) is 17.1 Å². The highest BCUT2D eigenvalue weighted by atomic mass is 19.1. The first-order chi connectivity index (χ1) is 17.7. The molecule has 190 valence electrons. The highest BCUT2D eigenvalue weighted by Gasteiger charge is 2.29. The van der Waals surface area contributed by atoms with E-state index in [9.17, 15) is 13.6 Å². The summed E-state index contributed by atoms with van der Waals surface area (Å²) in [4.78, 5) is 23.4. The zero-order valence-electron chi connectivity index (χ0n) is 21.1. The van der Waals surface area contributed by atoms with Crippen LogP contribution in [0.3, 0.4) is 0 Å². The maximum atomic E-state index is 14.8. The quantitative estimate of drug-likeness (QED) is 0.410. The van der Waals surface area contributed by atoms with Crippen LogP contribution in [0.2, 0.25) is 0 Å². The van der Waals surface area contributed by atoms with E-state index in [0.29, 0.717) is 46.8 Å². The van der Waals surface area contributed by atoms with Crippen molar-refractivity contribution in [2.24, 2.45) is 7.05 Å². The lowest BCUT2D eigenvalue weighted by molar-refractivity contribution is 0.0692. The van der Waals surface area contributed by atoms with Gasteiger partial charge in [0.1, 0.15) is 17.3 Å². The fourth-order valence-corrected chi connectivity index (χ4v) is 5.03. The summed E-state index contributed by atoms with van der Waals surface area (Å²) >= 11 is 0. The molecule has 4 aromatic rings. The Kier molecular flexibility index (Phi) is 6.25. The molecule has 1 saturated heterocycles. The molecule has 2 aromatic heterocycles. The van der Waals surface area contributed by atoms with Crippen molar-refractivity contribution in [3.63, 3.8) is 0 Å². The van der Waals surface area contributed by atoms with Crippen LogP contribution >= 0.6 is 0 Å². The zero-order chi connectivity index (χ0) is 26.4. The van der Waals surface area contributed by atoms with Gasteiger partial charge in [0.05, 0.1) is 28.9 Å². The van der Waals surface area contributed by atoms with Gasteiger partial charge in [0.2, 0.25) is 11.6 Å². The van der Waals surface area contributed by atoms with Crippen molar-refractivity contribution in [1.82, 2.24) is 29.5 Å². The van der Waals surface area contributed by atoms with E-state index in [1.807, 2.05) is 14.0 Å². The molecule has 1 fully saturated rings. The van der Waals surface area contributed by atoms with Crippen molar-refractivity contribution in [3.05, 3.63) is 70.5 Å². The predicted molar refractivity (Wildman–Crippen MR) is 137 cm³/mol. The molecule has 3 heterocycles. The van der Waals surface area contributed by atoms with Crippen LogP contribution in [-0.2, 0) is 7.05 Å². The SMILES string of the molecule is [C-]#[N+]c1ccc(-c2nc(C(=O)N3CCC[C@@H](NC)C3)c(C)n2-c2cc3c(F)n(C)nc3cc2C)cc1F. The predicted octanol–water partition coefficient (Wildman–Crippen LogP) is 4.70. The number of hydrogen-bond acceptors (Lipinski definition) is 4.